The number of ether oxygens (including phenoxy) is 2. The predicted molar refractivity (Wildman–Crippen MR) is 200 cm³/mol. The summed E-state index contributed by atoms with van der Waals surface area (Å²) in [7, 11) is 1.45. The molecule has 13 heteroatoms. The number of fused-ring (bicyclic) bond motifs is 1. The van der Waals surface area contributed by atoms with Crippen molar-refractivity contribution in [1.82, 2.24) is 24.6 Å². The predicted octanol–water partition coefficient (Wildman–Crippen LogP) is 7.54. The van der Waals surface area contributed by atoms with Gasteiger partial charge >= 0.3 is 6.09 Å². The molecule has 6 rings (SSSR count). The first kappa shape index (κ1) is 36.5. The zero-order valence-corrected chi connectivity index (χ0v) is 30.8. The van der Waals surface area contributed by atoms with Gasteiger partial charge in [0.25, 0.3) is 5.56 Å². The van der Waals surface area contributed by atoms with Crippen LogP contribution in [0.1, 0.15) is 55.2 Å². The van der Waals surface area contributed by atoms with Crippen molar-refractivity contribution in [2.45, 2.75) is 58.7 Å². The summed E-state index contributed by atoms with van der Waals surface area (Å²) in [5.74, 6) is 0.127. The monoisotopic (exact) mass is 741 g/mol. The van der Waals surface area contributed by atoms with Crippen LogP contribution in [0.2, 0.25) is 10.0 Å². The standard InChI is InChI=1S/C39H37Cl2N5O6/c1-22-16-24(18-46-33(49)17-26(43-36(22)46)20-45(38(50)52-39(2,3)4)19-25-13-15-32(48)42-25)27-8-6-9-28(34(27)40)29-10-7-11-30(35(29)41)31-14-12-23(21-47)37(44-31)51-5/h6-12,14,16-18,21,25H,13,15,19-20H2,1-5H3,(H,42,48)/t25-/m0/s1. The molecule has 1 aliphatic heterocycles. The van der Waals surface area contributed by atoms with E-state index in [4.69, 9.17) is 37.7 Å². The van der Waals surface area contributed by atoms with E-state index in [-0.39, 0.29) is 36.5 Å². The highest BCUT2D eigenvalue weighted by molar-refractivity contribution is 6.39. The zero-order chi connectivity index (χ0) is 37.3. The van der Waals surface area contributed by atoms with Gasteiger partial charge in [-0.15, -0.1) is 0 Å². The summed E-state index contributed by atoms with van der Waals surface area (Å²) in [6.45, 7) is 7.43. The summed E-state index contributed by atoms with van der Waals surface area (Å²) in [5.41, 5.74) is 4.62. The number of aldehydes is 1. The van der Waals surface area contributed by atoms with Crippen LogP contribution in [0.5, 0.6) is 5.88 Å². The smallest absolute Gasteiger partial charge is 0.410 e. The third-order valence-corrected chi connectivity index (χ3v) is 9.43. The molecular weight excluding hydrogens is 705 g/mol. The van der Waals surface area contributed by atoms with Crippen molar-refractivity contribution in [3.8, 4) is 39.4 Å². The number of carbonyl (C=O) groups is 3. The third kappa shape index (κ3) is 7.66. The Morgan fingerprint density at radius 1 is 1.00 bits per heavy atom. The Morgan fingerprint density at radius 3 is 2.31 bits per heavy atom. The van der Waals surface area contributed by atoms with Crippen LogP contribution < -0.4 is 15.6 Å². The summed E-state index contributed by atoms with van der Waals surface area (Å²) in [5, 5.41) is 3.72. The van der Waals surface area contributed by atoms with Gasteiger partial charge in [-0.2, -0.15) is 0 Å². The largest absolute Gasteiger partial charge is 0.480 e. The van der Waals surface area contributed by atoms with Gasteiger partial charge in [-0.1, -0.05) is 59.6 Å². The second-order valence-electron chi connectivity index (χ2n) is 13.6. The fourth-order valence-corrected chi connectivity index (χ4v) is 6.87. The van der Waals surface area contributed by atoms with E-state index in [0.29, 0.717) is 85.2 Å². The summed E-state index contributed by atoms with van der Waals surface area (Å²) in [6, 6.07) is 17.5. The van der Waals surface area contributed by atoms with Crippen molar-refractivity contribution >= 4 is 47.1 Å². The van der Waals surface area contributed by atoms with E-state index < -0.39 is 11.7 Å². The number of pyridine rings is 2. The molecule has 0 saturated carbocycles. The Kier molecular flexibility index (Phi) is 10.4. The van der Waals surface area contributed by atoms with E-state index >= 15 is 0 Å². The van der Waals surface area contributed by atoms with Gasteiger partial charge in [0.05, 0.1) is 40.7 Å². The van der Waals surface area contributed by atoms with Gasteiger partial charge in [0.1, 0.15) is 11.2 Å². The highest BCUT2D eigenvalue weighted by Crippen LogP contribution is 2.42. The lowest BCUT2D eigenvalue weighted by atomic mass is 9.97. The average Bonchev–Trinajstić information content (AvgIpc) is 3.51. The van der Waals surface area contributed by atoms with Gasteiger partial charge in [0.2, 0.25) is 11.8 Å². The molecule has 268 valence electrons. The topological polar surface area (TPSA) is 132 Å². The van der Waals surface area contributed by atoms with Crippen molar-refractivity contribution in [2.24, 2.45) is 0 Å². The Bertz CT molecular complexity index is 2280. The molecule has 11 nitrogen and oxygen atoms in total. The van der Waals surface area contributed by atoms with Crippen LogP contribution in [0.4, 0.5) is 4.79 Å². The van der Waals surface area contributed by atoms with E-state index in [1.54, 1.807) is 39.1 Å². The van der Waals surface area contributed by atoms with Crippen LogP contribution in [-0.4, -0.2) is 62.9 Å². The Hall–Kier alpha value is -5.26. The summed E-state index contributed by atoms with van der Waals surface area (Å²) in [4.78, 5) is 60.8. The molecule has 2 amide bonds. The van der Waals surface area contributed by atoms with Crippen LogP contribution in [-0.2, 0) is 16.1 Å². The van der Waals surface area contributed by atoms with Crippen molar-refractivity contribution in [2.75, 3.05) is 13.7 Å². The van der Waals surface area contributed by atoms with E-state index in [1.807, 2.05) is 49.4 Å². The Balaban J connectivity index is 1.34. The molecule has 52 heavy (non-hydrogen) atoms. The molecule has 3 aromatic heterocycles. The molecule has 0 radical (unpaired) electrons. The molecule has 4 heterocycles. The molecular formula is C39H37Cl2N5O6. The number of nitrogens with zero attached hydrogens (tertiary/aromatic N) is 4. The number of hydrogen-bond donors (Lipinski definition) is 1. The van der Waals surface area contributed by atoms with Gasteiger partial charge in [0, 0.05) is 59.1 Å². The minimum atomic E-state index is -0.736. The molecule has 0 bridgehead atoms. The van der Waals surface area contributed by atoms with Crippen molar-refractivity contribution in [3.63, 3.8) is 0 Å². The number of carbonyl (C=O) groups excluding carboxylic acids is 3. The lowest BCUT2D eigenvalue weighted by molar-refractivity contribution is -0.119. The number of aryl methyl sites for hydroxylation is 1. The normalized spacial score (nSPS) is 14.3. The SMILES string of the molecule is COc1nc(-c2cccc(-c3cccc(-c4cc(C)c5nc(CN(C[C@@H]6CCC(=O)N6)C(=O)OC(C)(C)C)cc(=O)n5c4)c3Cl)c2Cl)ccc1C=O. The lowest BCUT2D eigenvalue weighted by Gasteiger charge is -2.29. The number of halogens is 2. The molecule has 0 spiro atoms. The fourth-order valence-electron chi connectivity index (χ4n) is 6.21. The second-order valence-corrected chi connectivity index (χ2v) is 14.4. The van der Waals surface area contributed by atoms with Gasteiger partial charge < -0.3 is 19.7 Å². The first-order valence-electron chi connectivity index (χ1n) is 16.6. The highest BCUT2D eigenvalue weighted by Gasteiger charge is 2.29. The van der Waals surface area contributed by atoms with E-state index in [9.17, 15) is 19.2 Å². The van der Waals surface area contributed by atoms with Crippen LogP contribution >= 0.6 is 23.2 Å². The average molecular weight is 743 g/mol. The minimum Gasteiger partial charge on any atom is -0.480 e. The molecule has 2 aromatic carbocycles. The number of aromatic nitrogens is 3. The molecule has 0 unspecified atom stereocenters. The first-order valence-corrected chi connectivity index (χ1v) is 17.4. The summed E-state index contributed by atoms with van der Waals surface area (Å²) < 4.78 is 12.4. The van der Waals surface area contributed by atoms with E-state index in [1.165, 1.54) is 22.5 Å². The molecule has 1 saturated heterocycles. The van der Waals surface area contributed by atoms with Crippen LogP contribution in [0, 0.1) is 6.92 Å². The van der Waals surface area contributed by atoms with Gasteiger partial charge in [-0.25, -0.2) is 14.8 Å². The van der Waals surface area contributed by atoms with Gasteiger partial charge in [-0.05, 0) is 57.9 Å². The third-order valence-electron chi connectivity index (χ3n) is 8.61. The number of benzene rings is 2. The quantitative estimate of drug-likeness (QED) is 0.153. The summed E-state index contributed by atoms with van der Waals surface area (Å²) in [6.07, 6.45) is 2.79. The number of hydrogen-bond acceptors (Lipinski definition) is 8. The number of rotatable bonds is 9. The minimum absolute atomic E-state index is 0.0193. The molecule has 0 aliphatic carbocycles. The van der Waals surface area contributed by atoms with Gasteiger partial charge in [-0.3, -0.25) is 18.8 Å². The maximum Gasteiger partial charge on any atom is 0.410 e. The molecule has 5 aromatic rings. The maximum atomic E-state index is 13.6. The fraction of sp³-hybridized carbons (Fsp3) is 0.282. The molecule has 1 atom stereocenters. The summed E-state index contributed by atoms with van der Waals surface area (Å²) >= 11 is 14.1. The van der Waals surface area contributed by atoms with Crippen molar-refractivity contribution < 1.29 is 23.9 Å². The van der Waals surface area contributed by atoms with Crippen LogP contribution in [0.3, 0.4) is 0 Å². The molecule has 1 fully saturated rings. The molecule has 1 N–H and O–H groups in total. The van der Waals surface area contributed by atoms with Crippen molar-refractivity contribution in [3.05, 3.63) is 104 Å². The first-order chi connectivity index (χ1) is 24.8. The van der Waals surface area contributed by atoms with Crippen LogP contribution in [0.25, 0.3) is 39.2 Å². The van der Waals surface area contributed by atoms with Gasteiger partial charge in [0.15, 0.2) is 6.29 Å². The van der Waals surface area contributed by atoms with E-state index in [0.717, 1.165) is 0 Å². The molecule has 1 aliphatic rings. The number of amides is 2. The maximum absolute atomic E-state index is 13.6. The highest BCUT2D eigenvalue weighted by atomic mass is 35.5. The number of methoxy groups -OCH3 is 1. The Labute approximate surface area is 310 Å². The second kappa shape index (κ2) is 14.8. The van der Waals surface area contributed by atoms with Crippen LogP contribution in [0.15, 0.2) is 71.7 Å². The Morgan fingerprint density at radius 2 is 1.67 bits per heavy atom. The zero-order valence-electron chi connectivity index (χ0n) is 29.3. The van der Waals surface area contributed by atoms with E-state index in [2.05, 4.69) is 10.3 Å². The lowest BCUT2D eigenvalue weighted by Crippen LogP contribution is -2.44. The number of nitrogens with one attached hydrogen (secondary N) is 1. The van der Waals surface area contributed by atoms with Crippen molar-refractivity contribution in [1.29, 1.82) is 0 Å².